The summed E-state index contributed by atoms with van der Waals surface area (Å²) in [6, 6.07) is 8.83. The third kappa shape index (κ3) is 2.41. The molecule has 2 rings (SSSR count). The maximum Gasteiger partial charge on any atom is 0.277 e. The Labute approximate surface area is 112 Å². The molecule has 90 valence electrons. The number of para-hydroxylation sites is 1. The van der Waals surface area contributed by atoms with Gasteiger partial charge in [0.15, 0.2) is 5.69 Å². The minimum atomic E-state index is -0.356. The standard InChI is InChI=1S/C12H9BrN4O/c1-17-7-9(13)11(16-17)12(18)15-10-5-3-2-4-8(10)6-14/h2-5,7H,1H3,(H,15,18). The summed E-state index contributed by atoms with van der Waals surface area (Å²) in [4.78, 5) is 12.0. The molecule has 5 nitrogen and oxygen atoms in total. The van der Waals surface area contributed by atoms with Crippen LogP contribution in [-0.2, 0) is 7.05 Å². The van der Waals surface area contributed by atoms with Gasteiger partial charge in [0.25, 0.3) is 5.91 Å². The summed E-state index contributed by atoms with van der Waals surface area (Å²) in [6.07, 6.45) is 1.69. The quantitative estimate of drug-likeness (QED) is 0.925. The molecular weight excluding hydrogens is 296 g/mol. The summed E-state index contributed by atoms with van der Waals surface area (Å²) in [5.41, 5.74) is 1.17. The van der Waals surface area contributed by atoms with Crippen molar-refractivity contribution in [3.05, 3.63) is 46.2 Å². The number of hydrogen-bond acceptors (Lipinski definition) is 3. The van der Waals surface area contributed by atoms with E-state index in [0.29, 0.717) is 15.7 Å². The van der Waals surface area contributed by atoms with E-state index in [9.17, 15) is 4.79 Å². The summed E-state index contributed by atoms with van der Waals surface area (Å²) in [7, 11) is 1.73. The molecule has 0 bridgehead atoms. The van der Waals surface area contributed by atoms with Crippen LogP contribution in [0.1, 0.15) is 16.1 Å². The van der Waals surface area contributed by atoms with Crippen molar-refractivity contribution in [1.29, 1.82) is 5.26 Å². The molecule has 6 heteroatoms. The van der Waals surface area contributed by atoms with E-state index in [0.717, 1.165) is 0 Å². The van der Waals surface area contributed by atoms with Crippen molar-refractivity contribution in [1.82, 2.24) is 9.78 Å². The number of hydrogen-bond donors (Lipinski definition) is 1. The highest BCUT2D eigenvalue weighted by molar-refractivity contribution is 9.10. The Morgan fingerprint density at radius 1 is 1.50 bits per heavy atom. The van der Waals surface area contributed by atoms with Gasteiger partial charge in [-0.15, -0.1) is 0 Å². The molecule has 0 aliphatic carbocycles. The number of halogens is 1. The lowest BCUT2D eigenvalue weighted by Gasteiger charge is -2.04. The number of anilines is 1. The molecular formula is C12H9BrN4O. The first-order valence-electron chi connectivity index (χ1n) is 5.11. The van der Waals surface area contributed by atoms with Gasteiger partial charge in [-0.3, -0.25) is 9.48 Å². The fourth-order valence-electron chi connectivity index (χ4n) is 1.48. The lowest BCUT2D eigenvalue weighted by Crippen LogP contribution is -2.14. The van der Waals surface area contributed by atoms with E-state index in [2.05, 4.69) is 26.3 Å². The van der Waals surface area contributed by atoms with Crippen LogP contribution in [0.25, 0.3) is 0 Å². The van der Waals surface area contributed by atoms with E-state index in [-0.39, 0.29) is 11.6 Å². The molecule has 1 aromatic carbocycles. The van der Waals surface area contributed by atoms with Gasteiger partial charge in [-0.25, -0.2) is 0 Å². The molecule has 1 aromatic heterocycles. The molecule has 1 N–H and O–H groups in total. The Bertz CT molecular complexity index is 642. The second-order valence-corrected chi connectivity index (χ2v) is 4.47. The van der Waals surface area contributed by atoms with Crippen LogP contribution in [0.15, 0.2) is 34.9 Å². The summed E-state index contributed by atoms with van der Waals surface area (Å²) in [5.74, 6) is -0.356. The van der Waals surface area contributed by atoms with Gasteiger partial charge in [0.05, 0.1) is 15.7 Å². The molecule has 0 atom stereocenters. The largest absolute Gasteiger partial charge is 0.319 e. The van der Waals surface area contributed by atoms with Crippen molar-refractivity contribution in [3.8, 4) is 6.07 Å². The Kier molecular flexibility index (Phi) is 3.44. The summed E-state index contributed by atoms with van der Waals surface area (Å²) >= 11 is 3.26. The van der Waals surface area contributed by atoms with E-state index >= 15 is 0 Å². The molecule has 1 heterocycles. The predicted molar refractivity (Wildman–Crippen MR) is 70.0 cm³/mol. The van der Waals surface area contributed by atoms with Crippen LogP contribution in [0, 0.1) is 11.3 Å². The fraction of sp³-hybridized carbons (Fsp3) is 0.0833. The van der Waals surface area contributed by atoms with Gasteiger partial charge in [-0.2, -0.15) is 10.4 Å². The van der Waals surface area contributed by atoms with Crippen LogP contribution in [0.4, 0.5) is 5.69 Å². The summed E-state index contributed by atoms with van der Waals surface area (Å²) in [6.45, 7) is 0. The van der Waals surface area contributed by atoms with E-state index in [1.165, 1.54) is 4.68 Å². The van der Waals surface area contributed by atoms with E-state index in [1.54, 1.807) is 37.5 Å². The number of benzene rings is 1. The molecule has 0 radical (unpaired) electrons. The lowest BCUT2D eigenvalue weighted by atomic mass is 10.2. The van der Waals surface area contributed by atoms with Crippen molar-refractivity contribution < 1.29 is 4.79 Å². The van der Waals surface area contributed by atoms with Crippen LogP contribution in [0.5, 0.6) is 0 Å². The number of carbonyl (C=O) groups excluding carboxylic acids is 1. The Morgan fingerprint density at radius 3 is 2.83 bits per heavy atom. The first kappa shape index (κ1) is 12.3. The highest BCUT2D eigenvalue weighted by Crippen LogP contribution is 2.18. The first-order valence-corrected chi connectivity index (χ1v) is 5.90. The monoisotopic (exact) mass is 304 g/mol. The van der Waals surface area contributed by atoms with Gasteiger partial charge in [0.1, 0.15) is 6.07 Å². The van der Waals surface area contributed by atoms with Gasteiger partial charge in [-0.1, -0.05) is 12.1 Å². The van der Waals surface area contributed by atoms with E-state index in [4.69, 9.17) is 5.26 Å². The van der Waals surface area contributed by atoms with Gasteiger partial charge in [-0.05, 0) is 28.1 Å². The third-order valence-electron chi connectivity index (χ3n) is 2.29. The van der Waals surface area contributed by atoms with Crippen LogP contribution in [-0.4, -0.2) is 15.7 Å². The molecule has 0 saturated carbocycles. The SMILES string of the molecule is Cn1cc(Br)c(C(=O)Nc2ccccc2C#N)n1. The Morgan fingerprint density at radius 2 is 2.22 bits per heavy atom. The predicted octanol–water partition coefficient (Wildman–Crippen LogP) is 2.31. The number of nitrogens with one attached hydrogen (secondary N) is 1. The van der Waals surface area contributed by atoms with E-state index < -0.39 is 0 Å². The number of nitrogens with zero attached hydrogens (tertiary/aromatic N) is 3. The van der Waals surface area contributed by atoms with Gasteiger partial charge in [0.2, 0.25) is 0 Å². The second-order valence-electron chi connectivity index (χ2n) is 3.61. The van der Waals surface area contributed by atoms with Crippen LogP contribution in [0.2, 0.25) is 0 Å². The Hall–Kier alpha value is -2.13. The topological polar surface area (TPSA) is 70.7 Å². The summed E-state index contributed by atoms with van der Waals surface area (Å²) in [5, 5.41) is 15.6. The van der Waals surface area contributed by atoms with Crippen LogP contribution >= 0.6 is 15.9 Å². The summed E-state index contributed by atoms with van der Waals surface area (Å²) < 4.78 is 2.15. The molecule has 0 unspecified atom stereocenters. The molecule has 0 saturated heterocycles. The molecule has 0 aliphatic heterocycles. The van der Waals surface area contributed by atoms with Crippen molar-refractivity contribution >= 4 is 27.5 Å². The molecule has 0 aliphatic rings. The molecule has 1 amide bonds. The van der Waals surface area contributed by atoms with E-state index in [1.807, 2.05) is 6.07 Å². The number of carbonyl (C=O) groups is 1. The first-order chi connectivity index (χ1) is 8.61. The maximum absolute atomic E-state index is 12.0. The number of aryl methyl sites for hydroxylation is 1. The number of aromatic nitrogens is 2. The average Bonchev–Trinajstić information content (AvgIpc) is 2.69. The lowest BCUT2D eigenvalue weighted by molar-refractivity contribution is 0.102. The van der Waals surface area contributed by atoms with Crippen molar-refractivity contribution in [2.24, 2.45) is 7.05 Å². The van der Waals surface area contributed by atoms with Crippen LogP contribution < -0.4 is 5.32 Å². The van der Waals surface area contributed by atoms with Crippen molar-refractivity contribution in [3.63, 3.8) is 0 Å². The second kappa shape index (κ2) is 5.02. The fourth-order valence-corrected chi connectivity index (χ4v) is 2.04. The molecule has 18 heavy (non-hydrogen) atoms. The highest BCUT2D eigenvalue weighted by atomic mass is 79.9. The minimum absolute atomic E-state index is 0.283. The minimum Gasteiger partial charge on any atom is -0.319 e. The molecule has 0 spiro atoms. The Balaban J connectivity index is 2.27. The highest BCUT2D eigenvalue weighted by Gasteiger charge is 2.15. The number of amides is 1. The maximum atomic E-state index is 12.0. The zero-order chi connectivity index (χ0) is 13.1. The van der Waals surface area contributed by atoms with Crippen molar-refractivity contribution in [2.45, 2.75) is 0 Å². The molecule has 2 aromatic rings. The van der Waals surface area contributed by atoms with Gasteiger partial charge in [0, 0.05) is 13.2 Å². The zero-order valence-corrected chi connectivity index (χ0v) is 11.1. The zero-order valence-electron chi connectivity index (χ0n) is 9.51. The normalized spacial score (nSPS) is 9.83. The number of nitriles is 1. The van der Waals surface area contributed by atoms with Gasteiger partial charge < -0.3 is 5.32 Å². The van der Waals surface area contributed by atoms with Crippen molar-refractivity contribution in [2.75, 3.05) is 5.32 Å². The van der Waals surface area contributed by atoms with Crippen LogP contribution in [0.3, 0.4) is 0 Å². The molecule has 0 fully saturated rings. The smallest absolute Gasteiger partial charge is 0.277 e. The van der Waals surface area contributed by atoms with Gasteiger partial charge >= 0.3 is 0 Å². The average molecular weight is 305 g/mol. The third-order valence-corrected chi connectivity index (χ3v) is 2.88. The number of rotatable bonds is 2.